The van der Waals surface area contributed by atoms with E-state index in [9.17, 15) is 10.1 Å². The number of rotatable bonds is 4. The summed E-state index contributed by atoms with van der Waals surface area (Å²) in [6.45, 7) is 0. The first kappa shape index (κ1) is 17.2. The van der Waals surface area contributed by atoms with Crippen LogP contribution >= 0.6 is 15.9 Å². The van der Waals surface area contributed by atoms with E-state index in [4.69, 9.17) is 0 Å². The number of para-hydroxylation sites is 2. The Kier molecular flexibility index (Phi) is 4.56. The van der Waals surface area contributed by atoms with Crippen LogP contribution in [0.5, 0.6) is 0 Å². The Balaban J connectivity index is 2.03. The van der Waals surface area contributed by atoms with Gasteiger partial charge in [0, 0.05) is 11.3 Å². The molecule has 0 radical (unpaired) electrons. The van der Waals surface area contributed by atoms with Crippen molar-refractivity contribution in [3.8, 4) is 28.3 Å². The predicted molar refractivity (Wildman–Crippen MR) is 109 cm³/mol. The number of imidazole rings is 1. The Hall–Kier alpha value is -3.25. The number of nitro benzene ring substituents is 1. The van der Waals surface area contributed by atoms with Gasteiger partial charge >= 0.3 is 0 Å². The molecule has 0 atom stereocenters. The van der Waals surface area contributed by atoms with E-state index in [1.807, 2.05) is 65.2 Å². The normalized spacial score (nSPS) is 10.7. The standard InChI is InChI=1S/C21H14BrN3O2/c22-18-13-7-12-17(20(18)25(26)27)19-14-23-21(15-8-3-1-4-9-15)24(19)16-10-5-2-6-11-16/h1-14H. The molecule has 0 aliphatic carbocycles. The van der Waals surface area contributed by atoms with Crippen molar-refractivity contribution in [3.63, 3.8) is 0 Å². The minimum Gasteiger partial charge on any atom is -0.292 e. The zero-order valence-electron chi connectivity index (χ0n) is 14.1. The number of hydrogen-bond acceptors (Lipinski definition) is 3. The summed E-state index contributed by atoms with van der Waals surface area (Å²) < 4.78 is 2.39. The molecule has 0 N–H and O–H groups in total. The molecule has 132 valence electrons. The Morgan fingerprint density at radius 1 is 0.889 bits per heavy atom. The van der Waals surface area contributed by atoms with Gasteiger partial charge in [0.25, 0.3) is 5.69 Å². The minimum absolute atomic E-state index is 0.0224. The number of nitro groups is 1. The van der Waals surface area contributed by atoms with Crippen molar-refractivity contribution >= 4 is 21.6 Å². The monoisotopic (exact) mass is 419 g/mol. The lowest BCUT2D eigenvalue weighted by atomic mass is 10.1. The minimum atomic E-state index is -0.371. The van der Waals surface area contributed by atoms with Crippen LogP contribution in [0.15, 0.2) is 89.5 Å². The highest BCUT2D eigenvalue weighted by Gasteiger charge is 2.24. The molecule has 3 aromatic carbocycles. The van der Waals surface area contributed by atoms with Gasteiger partial charge in [-0.05, 0) is 40.2 Å². The molecular weight excluding hydrogens is 406 g/mol. The molecule has 0 saturated carbocycles. The topological polar surface area (TPSA) is 61.0 Å². The highest BCUT2D eigenvalue weighted by atomic mass is 79.9. The van der Waals surface area contributed by atoms with Gasteiger partial charge < -0.3 is 0 Å². The molecule has 0 amide bonds. The van der Waals surface area contributed by atoms with Crippen molar-refractivity contribution in [2.45, 2.75) is 0 Å². The van der Waals surface area contributed by atoms with E-state index in [1.54, 1.807) is 24.4 Å². The molecule has 4 rings (SSSR count). The SMILES string of the molecule is O=[N+]([O-])c1c(Br)cccc1-c1cnc(-c2ccccc2)n1-c1ccccc1. The van der Waals surface area contributed by atoms with Crippen LogP contribution < -0.4 is 0 Å². The Morgan fingerprint density at radius 3 is 2.22 bits per heavy atom. The van der Waals surface area contributed by atoms with E-state index in [1.165, 1.54) is 0 Å². The van der Waals surface area contributed by atoms with Crippen LogP contribution in [-0.4, -0.2) is 14.5 Å². The van der Waals surface area contributed by atoms with Crippen molar-refractivity contribution in [2.24, 2.45) is 0 Å². The van der Waals surface area contributed by atoms with Crippen molar-refractivity contribution < 1.29 is 4.92 Å². The van der Waals surface area contributed by atoms with E-state index in [0.29, 0.717) is 15.7 Å². The fraction of sp³-hybridized carbons (Fsp3) is 0. The van der Waals surface area contributed by atoms with Crippen LogP contribution in [0.25, 0.3) is 28.3 Å². The molecule has 0 aliphatic heterocycles. The van der Waals surface area contributed by atoms with Crippen molar-refractivity contribution in [1.29, 1.82) is 0 Å². The molecule has 0 spiro atoms. The van der Waals surface area contributed by atoms with Gasteiger partial charge in [0.15, 0.2) is 0 Å². The van der Waals surface area contributed by atoms with Gasteiger partial charge in [0.2, 0.25) is 0 Å². The number of hydrogen-bond donors (Lipinski definition) is 0. The third kappa shape index (κ3) is 3.15. The van der Waals surface area contributed by atoms with Crippen LogP contribution in [0.1, 0.15) is 0 Å². The smallest absolute Gasteiger partial charge is 0.292 e. The summed E-state index contributed by atoms with van der Waals surface area (Å²) in [6, 6.07) is 24.7. The second-order valence-electron chi connectivity index (χ2n) is 5.90. The van der Waals surface area contributed by atoms with Crippen LogP contribution in [0.3, 0.4) is 0 Å². The maximum Gasteiger partial charge on any atom is 0.292 e. The van der Waals surface area contributed by atoms with Crippen molar-refractivity contribution in [1.82, 2.24) is 9.55 Å². The number of benzene rings is 3. The first-order valence-electron chi connectivity index (χ1n) is 8.28. The molecule has 1 aromatic heterocycles. The molecule has 0 bridgehead atoms. The molecule has 1 heterocycles. The summed E-state index contributed by atoms with van der Waals surface area (Å²) in [5, 5.41) is 11.7. The predicted octanol–water partition coefficient (Wildman–Crippen LogP) is 5.88. The van der Waals surface area contributed by atoms with E-state index < -0.39 is 0 Å². The van der Waals surface area contributed by atoms with E-state index in [-0.39, 0.29) is 10.6 Å². The molecule has 6 heteroatoms. The van der Waals surface area contributed by atoms with Crippen molar-refractivity contribution in [3.05, 3.63) is 99.6 Å². The summed E-state index contributed by atoms with van der Waals surface area (Å²) in [7, 11) is 0. The van der Waals surface area contributed by atoms with Gasteiger partial charge in [0.05, 0.1) is 26.9 Å². The van der Waals surface area contributed by atoms with E-state index in [0.717, 1.165) is 17.1 Å². The molecule has 5 nitrogen and oxygen atoms in total. The first-order valence-corrected chi connectivity index (χ1v) is 9.08. The fourth-order valence-corrected chi connectivity index (χ4v) is 3.59. The van der Waals surface area contributed by atoms with Crippen molar-refractivity contribution in [2.75, 3.05) is 0 Å². The summed E-state index contributed by atoms with van der Waals surface area (Å²) in [4.78, 5) is 15.9. The molecule has 27 heavy (non-hydrogen) atoms. The lowest BCUT2D eigenvalue weighted by Crippen LogP contribution is -2.01. The summed E-state index contributed by atoms with van der Waals surface area (Å²) in [6.07, 6.45) is 1.68. The van der Waals surface area contributed by atoms with Gasteiger partial charge in [0.1, 0.15) is 5.82 Å². The zero-order chi connectivity index (χ0) is 18.8. The quantitative estimate of drug-likeness (QED) is 0.306. The Morgan fingerprint density at radius 2 is 1.56 bits per heavy atom. The van der Waals surface area contributed by atoms with Gasteiger partial charge in [-0.3, -0.25) is 14.7 Å². The summed E-state index contributed by atoms with van der Waals surface area (Å²) in [5.74, 6) is 0.728. The highest BCUT2D eigenvalue weighted by molar-refractivity contribution is 9.10. The maximum atomic E-state index is 11.7. The van der Waals surface area contributed by atoms with Crippen LogP contribution in [0.2, 0.25) is 0 Å². The van der Waals surface area contributed by atoms with Gasteiger partial charge in [-0.15, -0.1) is 0 Å². The molecular formula is C21H14BrN3O2. The van der Waals surface area contributed by atoms with E-state index in [2.05, 4.69) is 20.9 Å². The lowest BCUT2D eigenvalue weighted by molar-refractivity contribution is -0.385. The lowest BCUT2D eigenvalue weighted by Gasteiger charge is -2.13. The summed E-state index contributed by atoms with van der Waals surface area (Å²) >= 11 is 3.31. The van der Waals surface area contributed by atoms with E-state index >= 15 is 0 Å². The largest absolute Gasteiger partial charge is 0.292 e. The molecule has 0 aliphatic rings. The molecule has 0 unspecified atom stereocenters. The number of halogens is 1. The molecule has 0 saturated heterocycles. The molecule has 4 aromatic rings. The van der Waals surface area contributed by atoms with Crippen LogP contribution in [0, 0.1) is 10.1 Å². The zero-order valence-corrected chi connectivity index (χ0v) is 15.7. The highest BCUT2D eigenvalue weighted by Crippen LogP contribution is 2.38. The second kappa shape index (κ2) is 7.17. The average molecular weight is 420 g/mol. The third-order valence-corrected chi connectivity index (χ3v) is 4.89. The Labute approximate surface area is 164 Å². The van der Waals surface area contributed by atoms with Gasteiger partial charge in [-0.1, -0.05) is 54.6 Å². The second-order valence-corrected chi connectivity index (χ2v) is 6.75. The average Bonchev–Trinajstić information content (AvgIpc) is 3.14. The maximum absolute atomic E-state index is 11.7. The van der Waals surface area contributed by atoms with Gasteiger partial charge in [-0.25, -0.2) is 4.98 Å². The fourth-order valence-electron chi connectivity index (χ4n) is 3.08. The third-order valence-electron chi connectivity index (χ3n) is 4.25. The van der Waals surface area contributed by atoms with Gasteiger partial charge in [-0.2, -0.15) is 0 Å². The Bertz CT molecular complexity index is 1110. The van der Waals surface area contributed by atoms with Crippen LogP contribution in [-0.2, 0) is 0 Å². The molecule has 0 fully saturated rings. The van der Waals surface area contributed by atoms with Crippen LogP contribution in [0.4, 0.5) is 5.69 Å². The number of aromatic nitrogens is 2. The first-order chi connectivity index (χ1) is 13.2. The summed E-state index contributed by atoms with van der Waals surface area (Å²) in [5.41, 5.74) is 3.01. The number of nitrogens with zero attached hydrogens (tertiary/aromatic N) is 3.